The highest BCUT2D eigenvalue weighted by Crippen LogP contribution is 2.28. The van der Waals surface area contributed by atoms with Gasteiger partial charge < -0.3 is 9.55 Å². The molecule has 3 rings (SSSR count). The first kappa shape index (κ1) is 10.4. The van der Waals surface area contributed by atoms with Gasteiger partial charge in [-0.3, -0.25) is 0 Å². The van der Waals surface area contributed by atoms with E-state index in [0.29, 0.717) is 5.25 Å². The van der Waals surface area contributed by atoms with Crippen molar-refractivity contribution in [2.24, 2.45) is 0 Å². The molecule has 3 nitrogen and oxygen atoms in total. The van der Waals surface area contributed by atoms with Crippen molar-refractivity contribution < 1.29 is 0 Å². The molecule has 2 aromatic rings. The van der Waals surface area contributed by atoms with Gasteiger partial charge in [-0.05, 0) is 42.9 Å². The number of fused-ring (bicyclic) bond motifs is 1. The second-order valence-electron chi connectivity index (χ2n) is 4.05. The first-order valence-electron chi connectivity index (χ1n) is 5.50. The van der Waals surface area contributed by atoms with Gasteiger partial charge in [0.25, 0.3) is 0 Å². The number of thioether (sulfide) groups is 1. The molecule has 0 spiro atoms. The van der Waals surface area contributed by atoms with E-state index < -0.39 is 0 Å². The van der Waals surface area contributed by atoms with Crippen LogP contribution in [0, 0.1) is 4.77 Å². The van der Waals surface area contributed by atoms with E-state index in [1.54, 1.807) is 0 Å². The molecule has 1 unspecified atom stereocenters. The van der Waals surface area contributed by atoms with Crippen molar-refractivity contribution in [2.75, 3.05) is 5.75 Å². The summed E-state index contributed by atoms with van der Waals surface area (Å²) in [7, 11) is 0. The molecular weight excluding hydrogens is 238 g/mol. The van der Waals surface area contributed by atoms with E-state index in [0.717, 1.165) is 22.5 Å². The summed E-state index contributed by atoms with van der Waals surface area (Å²) in [6, 6.07) is 3.96. The van der Waals surface area contributed by atoms with E-state index in [1.165, 1.54) is 18.6 Å². The van der Waals surface area contributed by atoms with Crippen molar-refractivity contribution in [3.05, 3.63) is 23.1 Å². The Hall–Kier alpha value is -0.810. The van der Waals surface area contributed by atoms with Gasteiger partial charge in [0.1, 0.15) is 0 Å². The van der Waals surface area contributed by atoms with Gasteiger partial charge in [0.2, 0.25) is 0 Å². The van der Waals surface area contributed by atoms with Crippen LogP contribution in [-0.2, 0) is 6.54 Å². The molecule has 3 heterocycles. The molecule has 0 bridgehead atoms. The van der Waals surface area contributed by atoms with Gasteiger partial charge in [0.15, 0.2) is 10.4 Å². The monoisotopic (exact) mass is 251 g/mol. The van der Waals surface area contributed by atoms with E-state index >= 15 is 0 Å². The summed E-state index contributed by atoms with van der Waals surface area (Å²) in [5.74, 6) is 1.29. The third-order valence-corrected chi connectivity index (χ3v) is 4.64. The van der Waals surface area contributed by atoms with Crippen molar-refractivity contribution in [1.29, 1.82) is 0 Å². The van der Waals surface area contributed by atoms with E-state index in [4.69, 9.17) is 12.2 Å². The molecule has 1 fully saturated rings. The number of imidazole rings is 1. The van der Waals surface area contributed by atoms with Gasteiger partial charge >= 0.3 is 0 Å². The summed E-state index contributed by atoms with van der Waals surface area (Å²) in [5, 5.41) is 0.702. The Labute approximate surface area is 103 Å². The minimum absolute atomic E-state index is 0.702. The Morgan fingerprint density at radius 2 is 2.56 bits per heavy atom. The molecule has 2 aromatic heterocycles. The number of hydrogen-bond donors (Lipinski definition) is 1. The zero-order valence-electron chi connectivity index (χ0n) is 8.85. The van der Waals surface area contributed by atoms with Gasteiger partial charge in [0, 0.05) is 18.0 Å². The van der Waals surface area contributed by atoms with Crippen LogP contribution in [0.5, 0.6) is 0 Å². The zero-order chi connectivity index (χ0) is 11.0. The predicted molar refractivity (Wildman–Crippen MR) is 70.4 cm³/mol. The Kier molecular flexibility index (Phi) is 2.73. The van der Waals surface area contributed by atoms with Crippen LogP contribution in [0.3, 0.4) is 0 Å². The minimum Gasteiger partial charge on any atom is -0.329 e. The second-order valence-corrected chi connectivity index (χ2v) is 5.85. The van der Waals surface area contributed by atoms with Crippen molar-refractivity contribution in [1.82, 2.24) is 14.5 Å². The molecule has 0 amide bonds. The van der Waals surface area contributed by atoms with Crippen LogP contribution < -0.4 is 0 Å². The van der Waals surface area contributed by atoms with Crippen LogP contribution in [0.4, 0.5) is 0 Å². The Morgan fingerprint density at radius 3 is 3.38 bits per heavy atom. The van der Waals surface area contributed by atoms with Gasteiger partial charge in [-0.15, -0.1) is 0 Å². The highest BCUT2D eigenvalue weighted by Gasteiger charge is 2.17. The van der Waals surface area contributed by atoms with Crippen LogP contribution in [0.2, 0.25) is 0 Å². The summed E-state index contributed by atoms with van der Waals surface area (Å²) in [4.78, 5) is 7.61. The van der Waals surface area contributed by atoms with Crippen LogP contribution in [0.25, 0.3) is 11.2 Å². The maximum atomic E-state index is 5.35. The van der Waals surface area contributed by atoms with Crippen molar-refractivity contribution in [2.45, 2.75) is 24.6 Å². The number of H-pyrrole nitrogens is 1. The van der Waals surface area contributed by atoms with Crippen molar-refractivity contribution >= 4 is 35.1 Å². The van der Waals surface area contributed by atoms with Gasteiger partial charge in [0.05, 0.1) is 5.52 Å². The summed E-state index contributed by atoms with van der Waals surface area (Å²) < 4.78 is 2.93. The molecule has 1 aliphatic rings. The fraction of sp³-hybridized carbons (Fsp3) is 0.455. The van der Waals surface area contributed by atoms with E-state index in [9.17, 15) is 0 Å². The molecule has 1 atom stereocenters. The Balaban J connectivity index is 2.01. The van der Waals surface area contributed by atoms with Crippen LogP contribution in [0.15, 0.2) is 18.3 Å². The standard InChI is InChI=1S/C11H13N3S2/c15-11-13-9-4-1-5-12-10(9)14(11)7-8-3-2-6-16-8/h1,4-5,8H,2-3,6-7H2,(H,13,15). The number of nitrogens with one attached hydrogen (secondary N) is 1. The third kappa shape index (κ3) is 1.78. The van der Waals surface area contributed by atoms with Crippen LogP contribution in [0.1, 0.15) is 12.8 Å². The maximum absolute atomic E-state index is 5.35. The highest BCUT2D eigenvalue weighted by atomic mass is 32.2. The molecule has 16 heavy (non-hydrogen) atoms. The zero-order valence-corrected chi connectivity index (χ0v) is 10.5. The van der Waals surface area contributed by atoms with E-state index in [2.05, 4.69) is 14.5 Å². The van der Waals surface area contributed by atoms with Crippen LogP contribution >= 0.6 is 24.0 Å². The third-order valence-electron chi connectivity index (χ3n) is 2.94. The average molecular weight is 251 g/mol. The summed E-state index contributed by atoms with van der Waals surface area (Å²) in [6.45, 7) is 0.987. The molecule has 1 N–H and O–H groups in total. The minimum atomic E-state index is 0.702. The number of nitrogens with zero attached hydrogens (tertiary/aromatic N) is 2. The average Bonchev–Trinajstić information content (AvgIpc) is 2.89. The lowest BCUT2D eigenvalue weighted by molar-refractivity contribution is 0.642. The first-order valence-corrected chi connectivity index (χ1v) is 6.95. The quantitative estimate of drug-likeness (QED) is 0.833. The topological polar surface area (TPSA) is 33.6 Å². The molecule has 5 heteroatoms. The molecule has 1 saturated heterocycles. The number of hydrogen-bond acceptors (Lipinski definition) is 3. The molecule has 0 saturated carbocycles. The lowest BCUT2D eigenvalue weighted by Gasteiger charge is -2.09. The van der Waals surface area contributed by atoms with Crippen molar-refractivity contribution in [3.8, 4) is 0 Å². The molecule has 84 valence electrons. The van der Waals surface area contributed by atoms with Crippen molar-refractivity contribution in [3.63, 3.8) is 0 Å². The number of aromatic amines is 1. The largest absolute Gasteiger partial charge is 0.329 e. The SMILES string of the molecule is S=c1[nH]c2cccnc2n1CC1CCCS1. The molecular formula is C11H13N3S2. The highest BCUT2D eigenvalue weighted by molar-refractivity contribution is 8.00. The molecule has 1 aliphatic heterocycles. The maximum Gasteiger partial charge on any atom is 0.179 e. The summed E-state index contributed by atoms with van der Waals surface area (Å²) >= 11 is 7.39. The van der Waals surface area contributed by atoms with Gasteiger partial charge in [-0.25, -0.2) is 4.98 Å². The van der Waals surface area contributed by atoms with Crippen LogP contribution in [-0.4, -0.2) is 25.5 Å². The number of rotatable bonds is 2. The predicted octanol–water partition coefficient (Wildman–Crippen LogP) is 2.99. The number of aromatic nitrogens is 3. The van der Waals surface area contributed by atoms with Gasteiger partial charge in [-0.1, -0.05) is 0 Å². The lowest BCUT2D eigenvalue weighted by Crippen LogP contribution is -2.10. The molecule has 0 aliphatic carbocycles. The fourth-order valence-corrected chi connectivity index (χ4v) is 3.68. The smallest absolute Gasteiger partial charge is 0.179 e. The normalized spacial score (nSPS) is 20.6. The van der Waals surface area contributed by atoms with Gasteiger partial charge in [-0.2, -0.15) is 11.8 Å². The molecule has 0 radical (unpaired) electrons. The molecule has 0 aromatic carbocycles. The summed E-state index contributed by atoms with van der Waals surface area (Å²) in [5.41, 5.74) is 2.02. The lowest BCUT2D eigenvalue weighted by atomic mass is 10.2. The number of pyridine rings is 1. The Morgan fingerprint density at radius 1 is 1.62 bits per heavy atom. The second kappa shape index (κ2) is 4.22. The Bertz CT molecular complexity index is 552. The first-order chi connectivity index (χ1) is 7.84. The summed E-state index contributed by atoms with van der Waals surface area (Å²) in [6.07, 6.45) is 4.45. The van der Waals surface area contributed by atoms with E-state index in [1.807, 2.05) is 30.1 Å². The van der Waals surface area contributed by atoms with E-state index in [-0.39, 0.29) is 0 Å². The fourth-order valence-electron chi connectivity index (χ4n) is 2.15.